The average Bonchev–Trinajstić information content (AvgIpc) is 3.08. The highest BCUT2D eigenvalue weighted by Crippen LogP contribution is 2.40. The Morgan fingerprint density at radius 1 is 1.33 bits per heavy atom. The van der Waals surface area contributed by atoms with Crippen LogP contribution < -0.4 is 0 Å². The Morgan fingerprint density at radius 3 is 2.83 bits per heavy atom. The zero-order valence-electron chi connectivity index (χ0n) is 13.2. The molecule has 1 aromatic carbocycles. The summed E-state index contributed by atoms with van der Waals surface area (Å²) in [4.78, 5) is 25.0. The van der Waals surface area contributed by atoms with Gasteiger partial charge in [0.1, 0.15) is 11.7 Å². The Kier molecular flexibility index (Phi) is 4.86. The van der Waals surface area contributed by atoms with Gasteiger partial charge in [0.15, 0.2) is 5.78 Å². The second-order valence-corrected chi connectivity index (χ2v) is 6.08. The van der Waals surface area contributed by atoms with Crippen molar-refractivity contribution in [1.82, 2.24) is 0 Å². The molecule has 1 aliphatic rings. The number of carbonyl (C=O) groups excluding carboxylic acids is 2. The summed E-state index contributed by atoms with van der Waals surface area (Å²) in [6.45, 7) is 1.96. The van der Waals surface area contributed by atoms with E-state index in [-0.39, 0.29) is 18.3 Å². The molecular weight excluding hydrogens is 328 g/mol. The van der Waals surface area contributed by atoms with Crippen LogP contribution in [0.4, 0.5) is 0 Å². The predicted molar refractivity (Wildman–Crippen MR) is 90.6 cm³/mol. The van der Waals surface area contributed by atoms with Gasteiger partial charge in [0.25, 0.3) is 0 Å². The smallest absolute Gasteiger partial charge is 0.317 e. The van der Waals surface area contributed by atoms with Crippen LogP contribution in [0.1, 0.15) is 30.6 Å². The number of benzene rings is 1. The van der Waals surface area contributed by atoms with Crippen molar-refractivity contribution in [3.05, 3.63) is 65.1 Å². The SMILES string of the molecule is CCOC(=O)[C@@H]1C(=O)C=C(c2ccco2)C[C@@H]1c1cccc(Cl)c1. The zero-order chi connectivity index (χ0) is 17.1. The summed E-state index contributed by atoms with van der Waals surface area (Å²) in [7, 11) is 0. The number of hydrogen-bond acceptors (Lipinski definition) is 4. The number of ether oxygens (including phenoxy) is 1. The molecule has 0 saturated carbocycles. The fraction of sp³-hybridized carbons (Fsp3) is 0.263. The number of furan rings is 1. The molecule has 0 amide bonds. The normalized spacial score (nSPS) is 20.6. The fourth-order valence-corrected chi connectivity index (χ4v) is 3.27. The van der Waals surface area contributed by atoms with Gasteiger partial charge in [-0.2, -0.15) is 0 Å². The highest BCUT2D eigenvalue weighted by Gasteiger charge is 2.40. The number of esters is 1. The van der Waals surface area contributed by atoms with Crippen LogP contribution in [0.25, 0.3) is 5.57 Å². The van der Waals surface area contributed by atoms with E-state index in [1.165, 1.54) is 6.08 Å². The molecule has 1 heterocycles. The highest BCUT2D eigenvalue weighted by molar-refractivity contribution is 6.30. The molecule has 124 valence electrons. The molecule has 24 heavy (non-hydrogen) atoms. The molecule has 0 radical (unpaired) electrons. The van der Waals surface area contributed by atoms with Crippen molar-refractivity contribution in [2.45, 2.75) is 19.3 Å². The summed E-state index contributed by atoms with van der Waals surface area (Å²) < 4.78 is 10.5. The Labute approximate surface area is 145 Å². The van der Waals surface area contributed by atoms with Crippen molar-refractivity contribution >= 4 is 28.9 Å². The molecule has 1 aromatic heterocycles. The molecular formula is C19H17ClO4. The van der Waals surface area contributed by atoms with Gasteiger partial charge in [-0.05, 0) is 54.8 Å². The summed E-state index contributed by atoms with van der Waals surface area (Å²) in [6.07, 6.45) is 3.55. The molecule has 0 fully saturated rings. The van der Waals surface area contributed by atoms with Crippen molar-refractivity contribution in [3.8, 4) is 0 Å². The number of hydrogen-bond donors (Lipinski definition) is 0. The molecule has 0 N–H and O–H groups in total. The minimum Gasteiger partial charge on any atom is -0.465 e. The first-order valence-electron chi connectivity index (χ1n) is 7.80. The summed E-state index contributed by atoms with van der Waals surface area (Å²) in [5.41, 5.74) is 1.61. The third-order valence-electron chi connectivity index (χ3n) is 4.12. The lowest BCUT2D eigenvalue weighted by atomic mass is 9.74. The quantitative estimate of drug-likeness (QED) is 0.614. The Hall–Kier alpha value is -2.33. The van der Waals surface area contributed by atoms with Crippen LogP contribution >= 0.6 is 11.6 Å². The lowest BCUT2D eigenvalue weighted by molar-refractivity contribution is -0.151. The molecule has 0 unspecified atom stereocenters. The van der Waals surface area contributed by atoms with E-state index in [1.807, 2.05) is 12.1 Å². The van der Waals surface area contributed by atoms with Crippen molar-refractivity contribution in [1.29, 1.82) is 0 Å². The summed E-state index contributed by atoms with van der Waals surface area (Å²) in [5, 5.41) is 0.566. The van der Waals surface area contributed by atoms with Gasteiger partial charge in [0.2, 0.25) is 0 Å². The third kappa shape index (κ3) is 3.29. The van der Waals surface area contributed by atoms with Crippen LogP contribution in [0.5, 0.6) is 0 Å². The zero-order valence-corrected chi connectivity index (χ0v) is 14.0. The van der Waals surface area contributed by atoms with Crippen molar-refractivity contribution < 1.29 is 18.7 Å². The largest absolute Gasteiger partial charge is 0.465 e. The summed E-state index contributed by atoms with van der Waals surface area (Å²) in [6, 6.07) is 10.8. The summed E-state index contributed by atoms with van der Waals surface area (Å²) >= 11 is 6.09. The van der Waals surface area contributed by atoms with Crippen LogP contribution in [-0.4, -0.2) is 18.4 Å². The molecule has 2 aromatic rings. The minimum absolute atomic E-state index is 0.236. The molecule has 3 rings (SSSR count). The first kappa shape index (κ1) is 16.5. The van der Waals surface area contributed by atoms with Crippen LogP contribution in [0.3, 0.4) is 0 Å². The first-order valence-corrected chi connectivity index (χ1v) is 8.18. The van der Waals surface area contributed by atoms with E-state index >= 15 is 0 Å². The van der Waals surface area contributed by atoms with Gasteiger partial charge < -0.3 is 9.15 Å². The number of carbonyl (C=O) groups is 2. The molecule has 0 bridgehead atoms. The maximum absolute atomic E-state index is 12.6. The van der Waals surface area contributed by atoms with E-state index in [2.05, 4.69) is 0 Å². The van der Waals surface area contributed by atoms with Gasteiger partial charge in [-0.15, -0.1) is 0 Å². The van der Waals surface area contributed by atoms with Crippen LogP contribution in [0, 0.1) is 5.92 Å². The van der Waals surface area contributed by atoms with E-state index in [9.17, 15) is 9.59 Å². The van der Waals surface area contributed by atoms with E-state index in [0.717, 1.165) is 11.1 Å². The predicted octanol–water partition coefficient (Wildman–Crippen LogP) is 4.25. The van der Waals surface area contributed by atoms with Gasteiger partial charge in [-0.1, -0.05) is 23.7 Å². The first-order chi connectivity index (χ1) is 11.6. The lowest BCUT2D eigenvalue weighted by Crippen LogP contribution is -2.34. The van der Waals surface area contributed by atoms with E-state index in [1.54, 1.807) is 37.5 Å². The fourth-order valence-electron chi connectivity index (χ4n) is 3.07. The Morgan fingerprint density at radius 2 is 2.17 bits per heavy atom. The average molecular weight is 345 g/mol. The molecule has 0 spiro atoms. The van der Waals surface area contributed by atoms with Crippen LogP contribution in [0.15, 0.2) is 53.2 Å². The van der Waals surface area contributed by atoms with E-state index in [0.29, 0.717) is 17.2 Å². The number of allylic oxidation sites excluding steroid dienone is 2. The summed E-state index contributed by atoms with van der Waals surface area (Å²) in [5.74, 6) is -1.32. The molecule has 0 saturated heterocycles. The standard InChI is InChI=1S/C19H17ClO4/c1-2-23-19(22)18-15(12-5-3-6-14(20)9-12)10-13(11-16(18)21)17-7-4-8-24-17/h3-9,11,15,18H,2,10H2,1H3/t15-,18+/m1/s1. The Balaban J connectivity index is 2.02. The molecule has 5 heteroatoms. The number of ketones is 1. The second-order valence-electron chi connectivity index (χ2n) is 5.64. The van der Waals surface area contributed by atoms with Crippen molar-refractivity contribution in [3.63, 3.8) is 0 Å². The Bertz CT molecular complexity index is 776. The van der Waals surface area contributed by atoms with Gasteiger partial charge in [-0.3, -0.25) is 9.59 Å². The van der Waals surface area contributed by atoms with Gasteiger partial charge in [-0.25, -0.2) is 0 Å². The second kappa shape index (κ2) is 7.05. The number of rotatable bonds is 4. The maximum Gasteiger partial charge on any atom is 0.317 e. The van der Waals surface area contributed by atoms with Crippen molar-refractivity contribution in [2.75, 3.05) is 6.61 Å². The monoisotopic (exact) mass is 344 g/mol. The molecule has 4 nitrogen and oxygen atoms in total. The molecule has 0 aliphatic heterocycles. The van der Waals surface area contributed by atoms with Crippen molar-refractivity contribution in [2.24, 2.45) is 5.92 Å². The molecule has 1 aliphatic carbocycles. The van der Waals surface area contributed by atoms with E-state index in [4.69, 9.17) is 20.8 Å². The van der Waals surface area contributed by atoms with Crippen LogP contribution in [0.2, 0.25) is 5.02 Å². The maximum atomic E-state index is 12.6. The lowest BCUT2D eigenvalue weighted by Gasteiger charge is -2.28. The van der Waals surface area contributed by atoms with Gasteiger partial charge in [0, 0.05) is 10.9 Å². The number of halogens is 1. The van der Waals surface area contributed by atoms with Gasteiger partial charge in [0.05, 0.1) is 12.9 Å². The molecule has 2 atom stereocenters. The third-order valence-corrected chi connectivity index (χ3v) is 4.36. The minimum atomic E-state index is -0.859. The highest BCUT2D eigenvalue weighted by atomic mass is 35.5. The topological polar surface area (TPSA) is 56.5 Å². The van der Waals surface area contributed by atoms with E-state index < -0.39 is 11.9 Å². The van der Waals surface area contributed by atoms with Gasteiger partial charge >= 0.3 is 5.97 Å². The van der Waals surface area contributed by atoms with Crippen LogP contribution in [-0.2, 0) is 14.3 Å².